The fourth-order valence-electron chi connectivity index (χ4n) is 3.30. The summed E-state index contributed by atoms with van der Waals surface area (Å²) in [6.45, 7) is -0.279. The highest BCUT2D eigenvalue weighted by Gasteiger charge is 2.27. The second kappa shape index (κ2) is 10.5. The average molecular weight is 491 g/mol. The van der Waals surface area contributed by atoms with E-state index in [2.05, 4.69) is 5.32 Å². The number of carbonyl (C=O) groups excluding carboxylic acids is 1. The first-order chi connectivity index (χ1) is 16.1. The Morgan fingerprint density at radius 1 is 0.971 bits per heavy atom. The lowest BCUT2D eigenvalue weighted by Gasteiger charge is -2.26. The topological polar surface area (TPSA) is 84.9 Å². The van der Waals surface area contributed by atoms with Gasteiger partial charge in [0.15, 0.2) is 11.5 Å². The third kappa shape index (κ3) is 5.82. The lowest BCUT2D eigenvalue weighted by Crippen LogP contribution is -2.33. The van der Waals surface area contributed by atoms with Crippen molar-refractivity contribution in [2.45, 2.75) is 13.1 Å². The number of benzene rings is 3. The summed E-state index contributed by atoms with van der Waals surface area (Å²) in [7, 11) is -1.20. The number of rotatable bonds is 9. The first-order valence-electron chi connectivity index (χ1n) is 10.1. The zero-order chi connectivity index (χ0) is 24.9. The van der Waals surface area contributed by atoms with Gasteiger partial charge in [0.1, 0.15) is 11.6 Å². The SMILES string of the molecule is COc1cc(C(=O)NCc2ccc(F)cc2)c(N(Cc2ccccc2F)S(C)(=O)=O)cc1OC. The normalized spacial score (nSPS) is 11.1. The minimum absolute atomic E-state index is 0.0139. The molecule has 0 unspecified atom stereocenters. The Balaban J connectivity index is 2.06. The number of hydrogen-bond acceptors (Lipinski definition) is 5. The predicted octanol–water partition coefficient (Wildman–Crippen LogP) is 3.88. The molecular formula is C24H24F2N2O5S. The summed E-state index contributed by atoms with van der Waals surface area (Å²) < 4.78 is 64.5. The van der Waals surface area contributed by atoms with Gasteiger partial charge in [-0.05, 0) is 29.8 Å². The second-order valence-corrected chi connectivity index (χ2v) is 9.30. The van der Waals surface area contributed by atoms with Crippen molar-refractivity contribution in [1.82, 2.24) is 5.32 Å². The summed E-state index contributed by atoms with van der Waals surface area (Å²) in [5, 5.41) is 2.69. The Hall–Kier alpha value is -3.66. The Kier molecular flexibility index (Phi) is 7.72. The quantitative estimate of drug-likeness (QED) is 0.492. The van der Waals surface area contributed by atoms with Gasteiger partial charge in [-0.2, -0.15) is 0 Å². The molecule has 0 aliphatic rings. The summed E-state index contributed by atoms with van der Waals surface area (Å²) in [6, 6.07) is 14.0. The van der Waals surface area contributed by atoms with Crippen molar-refractivity contribution in [3.05, 3.63) is 89.0 Å². The molecule has 10 heteroatoms. The van der Waals surface area contributed by atoms with Crippen molar-refractivity contribution in [1.29, 1.82) is 0 Å². The Labute approximate surface area is 197 Å². The number of methoxy groups -OCH3 is 2. The molecule has 0 aromatic heterocycles. The molecule has 180 valence electrons. The van der Waals surface area contributed by atoms with Gasteiger partial charge in [0.25, 0.3) is 5.91 Å². The Morgan fingerprint density at radius 3 is 2.18 bits per heavy atom. The van der Waals surface area contributed by atoms with Gasteiger partial charge in [-0.3, -0.25) is 9.10 Å². The molecule has 0 aliphatic heterocycles. The van der Waals surface area contributed by atoms with E-state index in [1.165, 1.54) is 68.8 Å². The maximum absolute atomic E-state index is 14.3. The molecular weight excluding hydrogens is 466 g/mol. The van der Waals surface area contributed by atoms with Crippen LogP contribution >= 0.6 is 0 Å². The molecule has 0 aliphatic carbocycles. The molecule has 0 saturated heterocycles. The van der Waals surface area contributed by atoms with Gasteiger partial charge in [0.2, 0.25) is 10.0 Å². The summed E-state index contributed by atoms with van der Waals surface area (Å²) in [6.07, 6.45) is 0.963. The maximum Gasteiger partial charge on any atom is 0.253 e. The lowest BCUT2D eigenvalue weighted by atomic mass is 10.1. The van der Waals surface area contributed by atoms with Crippen LogP contribution in [0.25, 0.3) is 0 Å². The van der Waals surface area contributed by atoms with E-state index < -0.39 is 27.6 Å². The van der Waals surface area contributed by atoms with Gasteiger partial charge in [-0.1, -0.05) is 30.3 Å². The van der Waals surface area contributed by atoms with E-state index in [0.29, 0.717) is 5.56 Å². The van der Waals surface area contributed by atoms with Crippen molar-refractivity contribution in [2.75, 3.05) is 24.8 Å². The van der Waals surface area contributed by atoms with Crippen LogP contribution in [0, 0.1) is 11.6 Å². The highest BCUT2D eigenvalue weighted by Crippen LogP contribution is 2.37. The Bertz CT molecular complexity index is 1280. The van der Waals surface area contributed by atoms with Gasteiger partial charge < -0.3 is 14.8 Å². The number of halogens is 2. The molecule has 0 spiro atoms. The van der Waals surface area contributed by atoms with Crippen molar-refractivity contribution < 1.29 is 31.5 Å². The predicted molar refractivity (Wildman–Crippen MR) is 125 cm³/mol. The van der Waals surface area contributed by atoms with Crippen LogP contribution in [-0.4, -0.2) is 34.8 Å². The number of anilines is 1. The summed E-state index contributed by atoms with van der Waals surface area (Å²) in [4.78, 5) is 13.1. The smallest absolute Gasteiger partial charge is 0.253 e. The molecule has 1 N–H and O–H groups in total. The minimum atomic E-state index is -3.96. The Morgan fingerprint density at radius 2 is 1.59 bits per heavy atom. The van der Waals surface area contributed by atoms with Crippen LogP contribution in [0.5, 0.6) is 11.5 Å². The summed E-state index contributed by atoms with van der Waals surface area (Å²) in [5.74, 6) is -1.21. The monoisotopic (exact) mass is 490 g/mol. The van der Waals surface area contributed by atoms with E-state index >= 15 is 0 Å². The number of sulfonamides is 1. The van der Waals surface area contributed by atoms with E-state index in [9.17, 15) is 22.0 Å². The molecule has 0 fully saturated rings. The second-order valence-electron chi connectivity index (χ2n) is 7.39. The van der Waals surface area contributed by atoms with Crippen molar-refractivity contribution in [3.63, 3.8) is 0 Å². The summed E-state index contributed by atoms with van der Waals surface area (Å²) >= 11 is 0. The van der Waals surface area contributed by atoms with Crippen LogP contribution in [0.4, 0.5) is 14.5 Å². The number of nitrogens with one attached hydrogen (secondary N) is 1. The first kappa shape index (κ1) is 25.0. The fraction of sp³-hybridized carbons (Fsp3) is 0.208. The summed E-state index contributed by atoms with van der Waals surface area (Å²) in [5.41, 5.74) is 0.727. The third-order valence-corrected chi connectivity index (χ3v) is 6.18. The highest BCUT2D eigenvalue weighted by atomic mass is 32.2. The zero-order valence-electron chi connectivity index (χ0n) is 18.8. The van der Waals surface area contributed by atoms with Crippen LogP contribution in [-0.2, 0) is 23.1 Å². The average Bonchev–Trinajstić information content (AvgIpc) is 2.81. The maximum atomic E-state index is 14.3. The molecule has 7 nitrogen and oxygen atoms in total. The van der Waals surface area contributed by atoms with E-state index in [1.54, 1.807) is 6.07 Å². The van der Waals surface area contributed by atoms with Crippen molar-refractivity contribution in [3.8, 4) is 11.5 Å². The van der Waals surface area contributed by atoms with Crippen molar-refractivity contribution >= 4 is 21.6 Å². The molecule has 0 bridgehead atoms. The minimum Gasteiger partial charge on any atom is -0.493 e. The van der Waals surface area contributed by atoms with Crippen LogP contribution in [0.2, 0.25) is 0 Å². The fourth-order valence-corrected chi connectivity index (χ4v) is 4.18. The molecule has 0 atom stereocenters. The number of amides is 1. The van der Waals surface area contributed by atoms with Gasteiger partial charge in [0, 0.05) is 18.2 Å². The lowest BCUT2D eigenvalue weighted by molar-refractivity contribution is 0.0951. The van der Waals surface area contributed by atoms with E-state index in [-0.39, 0.29) is 41.4 Å². The molecule has 3 aromatic carbocycles. The first-order valence-corrected chi connectivity index (χ1v) is 12.0. The third-order valence-electron chi connectivity index (χ3n) is 5.05. The van der Waals surface area contributed by atoms with Crippen LogP contribution < -0.4 is 19.1 Å². The number of ether oxygens (including phenoxy) is 2. The van der Waals surface area contributed by atoms with E-state index in [1.807, 2.05) is 0 Å². The number of nitrogens with zero attached hydrogens (tertiary/aromatic N) is 1. The molecule has 3 aromatic rings. The highest BCUT2D eigenvalue weighted by molar-refractivity contribution is 7.92. The van der Waals surface area contributed by atoms with Gasteiger partial charge in [-0.15, -0.1) is 0 Å². The van der Waals surface area contributed by atoms with E-state index in [4.69, 9.17) is 9.47 Å². The number of carbonyl (C=O) groups is 1. The van der Waals surface area contributed by atoms with Crippen LogP contribution in [0.15, 0.2) is 60.7 Å². The molecule has 0 radical (unpaired) electrons. The number of hydrogen-bond donors (Lipinski definition) is 1. The zero-order valence-corrected chi connectivity index (χ0v) is 19.7. The van der Waals surface area contributed by atoms with Crippen molar-refractivity contribution in [2.24, 2.45) is 0 Å². The van der Waals surface area contributed by atoms with E-state index in [0.717, 1.165) is 10.6 Å². The van der Waals surface area contributed by atoms with Gasteiger partial charge in [0.05, 0.1) is 38.3 Å². The largest absolute Gasteiger partial charge is 0.493 e. The molecule has 1 amide bonds. The van der Waals surface area contributed by atoms with Crippen LogP contribution in [0.1, 0.15) is 21.5 Å². The molecule has 34 heavy (non-hydrogen) atoms. The molecule has 0 heterocycles. The standard InChI is InChI=1S/C24H24F2N2O5S/c1-32-22-12-19(24(29)27-14-16-8-10-18(25)11-9-16)21(13-23(22)33-2)28(34(3,30)31)15-17-6-4-5-7-20(17)26/h4-13H,14-15H2,1-3H3,(H,27,29). The van der Waals surface area contributed by atoms with Gasteiger partial charge in [-0.25, -0.2) is 17.2 Å². The van der Waals surface area contributed by atoms with Gasteiger partial charge >= 0.3 is 0 Å². The van der Waals surface area contributed by atoms with Crippen LogP contribution in [0.3, 0.4) is 0 Å². The molecule has 0 saturated carbocycles. The molecule has 3 rings (SSSR count).